The topological polar surface area (TPSA) is 66.6 Å². The van der Waals surface area contributed by atoms with Crippen molar-refractivity contribution in [3.8, 4) is 0 Å². The number of rotatable bonds is 2. The maximum absolute atomic E-state index is 10.9. The summed E-state index contributed by atoms with van der Waals surface area (Å²) in [5, 5.41) is 9.40. The van der Waals surface area contributed by atoms with Crippen molar-refractivity contribution in [2.24, 2.45) is 5.73 Å². The highest BCUT2D eigenvalue weighted by Crippen LogP contribution is 2.20. The fourth-order valence-electron chi connectivity index (χ4n) is 1.96. The molecule has 1 aliphatic rings. The van der Waals surface area contributed by atoms with Crippen LogP contribution in [0.2, 0.25) is 0 Å². The molecule has 2 rings (SSSR count). The van der Waals surface area contributed by atoms with Crippen LogP contribution in [0.3, 0.4) is 0 Å². The Labute approximate surface area is 94.7 Å². The maximum atomic E-state index is 10.9. The number of piperidine rings is 1. The zero-order valence-electron chi connectivity index (χ0n) is 9.10. The number of hydrogen-bond acceptors (Lipinski definition) is 3. The molecule has 0 unspecified atom stereocenters. The zero-order chi connectivity index (χ0) is 11.5. The van der Waals surface area contributed by atoms with Gasteiger partial charge in [0.15, 0.2) is 0 Å². The van der Waals surface area contributed by atoms with Crippen molar-refractivity contribution < 1.29 is 9.90 Å². The molecule has 1 saturated heterocycles. The number of nitrogens with two attached hydrogens (primary N) is 1. The predicted molar refractivity (Wildman–Crippen MR) is 62.4 cm³/mol. The molecule has 1 amide bonds. The summed E-state index contributed by atoms with van der Waals surface area (Å²) >= 11 is 0. The zero-order valence-corrected chi connectivity index (χ0v) is 9.10. The predicted octanol–water partition coefficient (Wildman–Crippen LogP) is 0.747. The van der Waals surface area contributed by atoms with E-state index in [0.717, 1.165) is 31.6 Å². The first kappa shape index (κ1) is 11.0. The largest absolute Gasteiger partial charge is 0.393 e. The normalized spacial score (nSPS) is 17.4. The third-order valence-corrected chi connectivity index (χ3v) is 2.98. The summed E-state index contributed by atoms with van der Waals surface area (Å²) in [7, 11) is 0. The Morgan fingerprint density at radius 3 is 2.31 bits per heavy atom. The van der Waals surface area contributed by atoms with E-state index in [1.807, 2.05) is 12.1 Å². The second-order valence-electron chi connectivity index (χ2n) is 4.13. The van der Waals surface area contributed by atoms with Crippen LogP contribution in [0.15, 0.2) is 24.3 Å². The molecule has 16 heavy (non-hydrogen) atoms. The number of aliphatic hydroxyl groups is 1. The molecule has 1 aromatic rings. The molecule has 0 saturated carbocycles. The summed E-state index contributed by atoms with van der Waals surface area (Å²) in [4.78, 5) is 13.1. The molecule has 0 radical (unpaired) electrons. The van der Waals surface area contributed by atoms with E-state index < -0.39 is 5.91 Å². The maximum Gasteiger partial charge on any atom is 0.248 e. The highest BCUT2D eigenvalue weighted by Gasteiger charge is 2.17. The van der Waals surface area contributed by atoms with Gasteiger partial charge in [-0.25, -0.2) is 0 Å². The quantitative estimate of drug-likeness (QED) is 0.772. The summed E-state index contributed by atoms with van der Waals surface area (Å²) in [6.07, 6.45) is 1.44. The Kier molecular flexibility index (Phi) is 3.10. The van der Waals surface area contributed by atoms with Gasteiger partial charge in [0.05, 0.1) is 6.10 Å². The molecule has 1 heterocycles. The van der Waals surface area contributed by atoms with Gasteiger partial charge in [0, 0.05) is 24.3 Å². The van der Waals surface area contributed by atoms with Crippen LogP contribution in [-0.4, -0.2) is 30.2 Å². The molecule has 0 atom stereocenters. The molecule has 86 valence electrons. The van der Waals surface area contributed by atoms with Gasteiger partial charge in [-0.3, -0.25) is 4.79 Å². The first-order chi connectivity index (χ1) is 7.66. The van der Waals surface area contributed by atoms with Gasteiger partial charge in [-0.2, -0.15) is 0 Å². The summed E-state index contributed by atoms with van der Waals surface area (Å²) in [6.45, 7) is 1.72. The minimum atomic E-state index is -0.402. The van der Waals surface area contributed by atoms with Crippen LogP contribution in [0.4, 0.5) is 5.69 Å². The average Bonchev–Trinajstić information content (AvgIpc) is 2.30. The van der Waals surface area contributed by atoms with E-state index >= 15 is 0 Å². The molecule has 4 nitrogen and oxygen atoms in total. The van der Waals surface area contributed by atoms with Crippen molar-refractivity contribution in [3.05, 3.63) is 29.8 Å². The van der Waals surface area contributed by atoms with Crippen LogP contribution in [0.1, 0.15) is 23.2 Å². The first-order valence-electron chi connectivity index (χ1n) is 5.49. The lowest BCUT2D eigenvalue weighted by atomic mass is 10.1. The van der Waals surface area contributed by atoms with Gasteiger partial charge in [-0.15, -0.1) is 0 Å². The van der Waals surface area contributed by atoms with Crippen LogP contribution >= 0.6 is 0 Å². The van der Waals surface area contributed by atoms with E-state index in [0.29, 0.717) is 5.56 Å². The van der Waals surface area contributed by atoms with Crippen molar-refractivity contribution in [2.45, 2.75) is 18.9 Å². The molecule has 1 aromatic carbocycles. The summed E-state index contributed by atoms with van der Waals surface area (Å²) in [6, 6.07) is 7.28. The van der Waals surface area contributed by atoms with Crippen molar-refractivity contribution in [2.75, 3.05) is 18.0 Å². The molecule has 3 N–H and O–H groups in total. The van der Waals surface area contributed by atoms with E-state index in [4.69, 9.17) is 5.73 Å². The summed E-state index contributed by atoms with van der Waals surface area (Å²) in [5.41, 5.74) is 6.78. The van der Waals surface area contributed by atoms with Gasteiger partial charge in [0.2, 0.25) is 5.91 Å². The molecule has 0 aliphatic carbocycles. The fourth-order valence-corrected chi connectivity index (χ4v) is 1.96. The van der Waals surface area contributed by atoms with Crippen molar-refractivity contribution in [1.82, 2.24) is 0 Å². The standard InChI is InChI=1S/C12H16N2O2/c13-12(16)9-1-3-10(4-2-9)14-7-5-11(15)6-8-14/h1-4,11,15H,5-8H2,(H2,13,16). The van der Waals surface area contributed by atoms with Gasteiger partial charge in [-0.1, -0.05) is 0 Å². The van der Waals surface area contributed by atoms with E-state index in [1.165, 1.54) is 0 Å². The number of nitrogens with zero attached hydrogens (tertiary/aromatic N) is 1. The molecule has 0 spiro atoms. The number of benzene rings is 1. The van der Waals surface area contributed by atoms with E-state index in [1.54, 1.807) is 12.1 Å². The van der Waals surface area contributed by atoms with Crippen LogP contribution in [0, 0.1) is 0 Å². The molecular weight excluding hydrogens is 204 g/mol. The second kappa shape index (κ2) is 4.53. The smallest absolute Gasteiger partial charge is 0.248 e. The van der Waals surface area contributed by atoms with Crippen molar-refractivity contribution >= 4 is 11.6 Å². The van der Waals surface area contributed by atoms with Crippen molar-refractivity contribution in [3.63, 3.8) is 0 Å². The Bertz CT molecular complexity index is 367. The lowest BCUT2D eigenvalue weighted by Crippen LogP contribution is -2.35. The van der Waals surface area contributed by atoms with E-state index in [-0.39, 0.29) is 6.10 Å². The minimum Gasteiger partial charge on any atom is -0.393 e. The molecule has 0 bridgehead atoms. The Morgan fingerprint density at radius 1 is 1.25 bits per heavy atom. The molecular formula is C12H16N2O2. The van der Waals surface area contributed by atoms with Gasteiger partial charge in [-0.05, 0) is 37.1 Å². The number of primary amides is 1. The van der Waals surface area contributed by atoms with Crippen molar-refractivity contribution in [1.29, 1.82) is 0 Å². The number of carbonyl (C=O) groups excluding carboxylic acids is 1. The van der Waals surface area contributed by atoms with Crippen LogP contribution in [-0.2, 0) is 0 Å². The second-order valence-corrected chi connectivity index (χ2v) is 4.13. The Morgan fingerprint density at radius 2 is 1.81 bits per heavy atom. The number of aliphatic hydroxyl groups excluding tert-OH is 1. The third kappa shape index (κ3) is 2.33. The average molecular weight is 220 g/mol. The van der Waals surface area contributed by atoms with Gasteiger partial charge >= 0.3 is 0 Å². The number of hydrogen-bond donors (Lipinski definition) is 2. The summed E-state index contributed by atoms with van der Waals surface area (Å²) in [5.74, 6) is -0.402. The number of amides is 1. The van der Waals surface area contributed by atoms with Gasteiger partial charge in [0.25, 0.3) is 0 Å². The van der Waals surface area contributed by atoms with Gasteiger partial charge < -0.3 is 15.7 Å². The molecule has 1 fully saturated rings. The minimum absolute atomic E-state index is 0.166. The number of anilines is 1. The van der Waals surface area contributed by atoms with E-state index in [9.17, 15) is 9.90 Å². The monoisotopic (exact) mass is 220 g/mol. The van der Waals surface area contributed by atoms with E-state index in [2.05, 4.69) is 4.90 Å². The SMILES string of the molecule is NC(=O)c1ccc(N2CCC(O)CC2)cc1. The van der Waals surface area contributed by atoms with Crippen LogP contribution in [0.25, 0.3) is 0 Å². The summed E-state index contributed by atoms with van der Waals surface area (Å²) < 4.78 is 0. The highest BCUT2D eigenvalue weighted by molar-refractivity contribution is 5.93. The molecule has 0 aromatic heterocycles. The fraction of sp³-hybridized carbons (Fsp3) is 0.417. The number of carbonyl (C=O) groups is 1. The van der Waals surface area contributed by atoms with Gasteiger partial charge in [0.1, 0.15) is 0 Å². The third-order valence-electron chi connectivity index (χ3n) is 2.98. The Balaban J connectivity index is 2.07. The lowest BCUT2D eigenvalue weighted by molar-refractivity contribution is 0.100. The first-order valence-corrected chi connectivity index (χ1v) is 5.49. The molecule has 1 aliphatic heterocycles. The lowest BCUT2D eigenvalue weighted by Gasteiger charge is -2.31. The molecule has 4 heteroatoms. The highest BCUT2D eigenvalue weighted by atomic mass is 16.3. The van der Waals surface area contributed by atoms with Crippen LogP contribution in [0.5, 0.6) is 0 Å². The Hall–Kier alpha value is -1.55. The van der Waals surface area contributed by atoms with Crippen LogP contribution < -0.4 is 10.6 Å².